The fourth-order valence-corrected chi connectivity index (χ4v) is 4.19. The number of benzene rings is 2. The molecule has 6 nitrogen and oxygen atoms in total. The number of aromatic hydroxyl groups is 1. The van der Waals surface area contributed by atoms with Gasteiger partial charge in [-0.25, -0.2) is 0 Å². The number of phenols is 1. The fourth-order valence-electron chi connectivity index (χ4n) is 4.19. The first kappa shape index (κ1) is 20.3. The number of piperidine rings is 1. The Morgan fingerprint density at radius 2 is 1.87 bits per heavy atom. The molecule has 0 spiro atoms. The van der Waals surface area contributed by atoms with E-state index >= 15 is 0 Å². The lowest BCUT2D eigenvalue weighted by Crippen LogP contribution is -3.14. The summed E-state index contributed by atoms with van der Waals surface area (Å²) in [5, 5.41) is 11.0. The van der Waals surface area contributed by atoms with E-state index in [4.69, 9.17) is 13.9 Å². The molecule has 2 N–H and O–H groups in total. The smallest absolute Gasteiger partial charge is 0.235 e. The van der Waals surface area contributed by atoms with E-state index < -0.39 is 0 Å². The van der Waals surface area contributed by atoms with E-state index in [1.54, 1.807) is 50.4 Å². The van der Waals surface area contributed by atoms with Crippen molar-refractivity contribution >= 4 is 11.0 Å². The molecule has 0 radical (unpaired) electrons. The Hall–Kier alpha value is -2.99. The van der Waals surface area contributed by atoms with Gasteiger partial charge in [0.15, 0.2) is 5.58 Å². The van der Waals surface area contributed by atoms with Crippen LogP contribution >= 0.6 is 0 Å². The highest BCUT2D eigenvalue weighted by Gasteiger charge is 2.26. The topological polar surface area (TPSA) is 73.3 Å². The Balaban J connectivity index is 1.73. The van der Waals surface area contributed by atoms with E-state index in [2.05, 4.69) is 6.92 Å². The number of rotatable bonds is 5. The normalized spacial score (nSPS) is 19.0. The standard InChI is InChI=1S/C24H27NO5/c1-15-6-4-5-13-25(15)14-20-21(26)12-11-19-22(27)23(16(2)29-24(19)20)30-18-9-7-17(28-3)8-10-18/h7-12,15,26H,4-6,13-14H2,1-3H3/p+1/t15-/m1/s1. The number of fused-ring (bicyclic) bond motifs is 1. The van der Waals surface area contributed by atoms with E-state index in [0.29, 0.717) is 46.4 Å². The first-order chi connectivity index (χ1) is 14.5. The Labute approximate surface area is 175 Å². The number of quaternary nitrogens is 1. The van der Waals surface area contributed by atoms with Crippen LogP contribution in [0.3, 0.4) is 0 Å². The zero-order chi connectivity index (χ0) is 21.3. The lowest BCUT2D eigenvalue weighted by atomic mass is 10.0. The SMILES string of the molecule is COc1ccc(Oc2c(C)oc3c(C[NH+]4CCCC[C@H]4C)c(O)ccc3c2=O)cc1. The van der Waals surface area contributed by atoms with Crippen LogP contribution in [0.5, 0.6) is 23.0 Å². The van der Waals surface area contributed by atoms with Gasteiger partial charge in [-0.15, -0.1) is 0 Å². The maximum Gasteiger partial charge on any atom is 0.235 e. The van der Waals surface area contributed by atoms with Gasteiger partial charge in [-0.05, 0) is 69.5 Å². The predicted molar refractivity (Wildman–Crippen MR) is 115 cm³/mol. The van der Waals surface area contributed by atoms with Gasteiger partial charge in [0.25, 0.3) is 0 Å². The van der Waals surface area contributed by atoms with Crippen LogP contribution in [-0.2, 0) is 6.54 Å². The maximum absolute atomic E-state index is 13.2. The summed E-state index contributed by atoms with van der Waals surface area (Å²) in [4.78, 5) is 14.6. The molecule has 6 heteroatoms. The van der Waals surface area contributed by atoms with E-state index in [9.17, 15) is 9.90 Å². The van der Waals surface area contributed by atoms with Crippen molar-refractivity contribution in [2.75, 3.05) is 13.7 Å². The van der Waals surface area contributed by atoms with Gasteiger partial charge >= 0.3 is 0 Å². The molecule has 0 saturated carbocycles. The van der Waals surface area contributed by atoms with E-state index in [0.717, 1.165) is 6.54 Å². The molecule has 1 saturated heterocycles. The van der Waals surface area contributed by atoms with Crippen molar-refractivity contribution in [2.45, 2.75) is 45.7 Å². The third kappa shape index (κ3) is 3.87. The van der Waals surface area contributed by atoms with Crippen LogP contribution in [0.25, 0.3) is 11.0 Å². The molecular weight excluding hydrogens is 382 g/mol. The number of methoxy groups -OCH3 is 1. The van der Waals surface area contributed by atoms with Crippen molar-refractivity contribution in [3.63, 3.8) is 0 Å². The van der Waals surface area contributed by atoms with Gasteiger partial charge in [-0.3, -0.25) is 4.79 Å². The van der Waals surface area contributed by atoms with Gasteiger partial charge in [-0.2, -0.15) is 0 Å². The molecule has 4 rings (SSSR count). The summed E-state index contributed by atoms with van der Waals surface area (Å²) in [7, 11) is 1.59. The van der Waals surface area contributed by atoms with Gasteiger partial charge in [0, 0.05) is 0 Å². The molecule has 2 atom stereocenters. The lowest BCUT2D eigenvalue weighted by molar-refractivity contribution is -0.941. The Morgan fingerprint density at radius 3 is 2.57 bits per heavy atom. The molecule has 0 amide bonds. The van der Waals surface area contributed by atoms with Crippen molar-refractivity contribution in [1.82, 2.24) is 0 Å². The first-order valence-electron chi connectivity index (χ1n) is 10.4. The first-order valence-corrected chi connectivity index (χ1v) is 10.4. The molecule has 1 unspecified atom stereocenters. The summed E-state index contributed by atoms with van der Waals surface area (Å²) in [6.07, 6.45) is 3.59. The average molecular weight is 410 g/mol. The highest BCUT2D eigenvalue weighted by Crippen LogP contribution is 2.31. The van der Waals surface area contributed by atoms with Crippen molar-refractivity contribution in [1.29, 1.82) is 0 Å². The summed E-state index contributed by atoms with van der Waals surface area (Å²) in [5.74, 6) is 1.94. The number of nitrogens with one attached hydrogen (secondary N) is 1. The van der Waals surface area contributed by atoms with Crippen LogP contribution in [0.1, 0.15) is 37.5 Å². The van der Waals surface area contributed by atoms with E-state index in [1.807, 2.05) is 0 Å². The minimum absolute atomic E-state index is 0.156. The summed E-state index contributed by atoms with van der Waals surface area (Å²) in [5.41, 5.74) is 0.893. The number of phenolic OH excluding ortho intramolecular Hbond substituents is 1. The molecule has 2 aromatic carbocycles. The Kier molecular flexibility index (Phi) is 5.68. The minimum Gasteiger partial charge on any atom is -0.507 e. The number of hydrogen-bond donors (Lipinski definition) is 2. The number of likely N-dealkylation sites (tertiary alicyclic amines) is 1. The van der Waals surface area contributed by atoms with Crippen LogP contribution < -0.4 is 19.8 Å². The van der Waals surface area contributed by atoms with Crippen LogP contribution in [0.4, 0.5) is 0 Å². The van der Waals surface area contributed by atoms with Crippen LogP contribution in [0, 0.1) is 6.92 Å². The number of ether oxygens (including phenoxy) is 2. The monoisotopic (exact) mass is 410 g/mol. The molecule has 1 fully saturated rings. The lowest BCUT2D eigenvalue weighted by Gasteiger charge is -2.30. The molecule has 30 heavy (non-hydrogen) atoms. The third-order valence-corrected chi connectivity index (χ3v) is 6.03. The van der Waals surface area contributed by atoms with Crippen molar-refractivity contribution < 1.29 is 23.9 Å². The highest BCUT2D eigenvalue weighted by molar-refractivity contribution is 5.83. The van der Waals surface area contributed by atoms with Crippen molar-refractivity contribution in [2.24, 2.45) is 0 Å². The van der Waals surface area contributed by atoms with Crippen LogP contribution in [0.15, 0.2) is 45.6 Å². The number of hydrogen-bond acceptors (Lipinski definition) is 5. The second-order valence-electron chi connectivity index (χ2n) is 8.02. The van der Waals surface area contributed by atoms with Gasteiger partial charge < -0.3 is 23.9 Å². The van der Waals surface area contributed by atoms with Crippen molar-refractivity contribution in [3.8, 4) is 23.0 Å². The maximum atomic E-state index is 13.2. The predicted octanol–water partition coefficient (Wildman–Crippen LogP) is 3.57. The zero-order valence-corrected chi connectivity index (χ0v) is 17.7. The second-order valence-corrected chi connectivity index (χ2v) is 8.02. The molecule has 1 aromatic heterocycles. The molecule has 1 aliphatic heterocycles. The molecule has 2 heterocycles. The van der Waals surface area contributed by atoms with Gasteiger partial charge in [0.2, 0.25) is 11.2 Å². The highest BCUT2D eigenvalue weighted by atomic mass is 16.5. The third-order valence-electron chi connectivity index (χ3n) is 6.03. The van der Waals surface area contributed by atoms with Crippen LogP contribution in [-0.4, -0.2) is 24.8 Å². The van der Waals surface area contributed by atoms with Crippen molar-refractivity contribution in [3.05, 3.63) is 57.9 Å². The Bertz CT molecular complexity index is 1100. The molecule has 0 aliphatic carbocycles. The summed E-state index contributed by atoms with van der Waals surface area (Å²) in [6, 6.07) is 10.7. The summed E-state index contributed by atoms with van der Waals surface area (Å²) >= 11 is 0. The van der Waals surface area contributed by atoms with E-state index in [1.165, 1.54) is 24.2 Å². The summed E-state index contributed by atoms with van der Waals surface area (Å²) in [6.45, 7) is 5.63. The van der Waals surface area contributed by atoms with Gasteiger partial charge in [0.05, 0.1) is 30.6 Å². The minimum atomic E-state index is -0.243. The van der Waals surface area contributed by atoms with E-state index in [-0.39, 0.29) is 16.9 Å². The largest absolute Gasteiger partial charge is 0.507 e. The molecule has 158 valence electrons. The molecule has 3 aromatic rings. The fraction of sp³-hybridized carbons (Fsp3) is 0.375. The Morgan fingerprint density at radius 1 is 1.13 bits per heavy atom. The molecule has 1 aliphatic rings. The summed E-state index contributed by atoms with van der Waals surface area (Å²) < 4.78 is 17.1. The quantitative estimate of drug-likeness (QED) is 0.673. The van der Waals surface area contributed by atoms with Gasteiger partial charge in [0.1, 0.15) is 29.6 Å². The second kappa shape index (κ2) is 8.40. The van der Waals surface area contributed by atoms with Gasteiger partial charge in [-0.1, -0.05) is 0 Å². The number of aryl methyl sites for hydroxylation is 1. The van der Waals surface area contributed by atoms with Crippen LogP contribution in [0.2, 0.25) is 0 Å². The average Bonchev–Trinajstić information content (AvgIpc) is 2.75. The molecule has 0 bridgehead atoms. The zero-order valence-electron chi connectivity index (χ0n) is 17.7. The molecular formula is C24H28NO5+.